The second kappa shape index (κ2) is 3.87. The van der Waals surface area contributed by atoms with Crippen LogP contribution in [-0.4, -0.2) is 11.1 Å². The van der Waals surface area contributed by atoms with Crippen molar-refractivity contribution in [3.8, 4) is 0 Å². The summed E-state index contributed by atoms with van der Waals surface area (Å²) in [5.74, 6) is -0.807. The highest BCUT2D eigenvalue weighted by Crippen LogP contribution is 2.20. The van der Waals surface area contributed by atoms with E-state index in [1.165, 1.54) is 12.1 Å². The van der Waals surface area contributed by atoms with E-state index in [0.29, 0.717) is 11.3 Å². The fourth-order valence-electron chi connectivity index (χ4n) is 1.10. The van der Waals surface area contributed by atoms with Gasteiger partial charge in [0.15, 0.2) is 5.78 Å². The third kappa shape index (κ3) is 1.88. The van der Waals surface area contributed by atoms with Crippen LogP contribution in [0, 0.1) is 12.7 Å². The summed E-state index contributed by atoms with van der Waals surface area (Å²) in [6.45, 7) is 1.63. The Bertz CT molecular complexity index is 352. The summed E-state index contributed by atoms with van der Waals surface area (Å²) in [4.78, 5) is 11.3. The maximum atomic E-state index is 13.2. The zero-order valence-electron chi connectivity index (χ0n) is 7.10. The second-order valence-corrected chi connectivity index (χ2v) is 3.25. The number of rotatable bonds is 2. The average Bonchev–Trinajstić information content (AvgIpc) is 2.12. The van der Waals surface area contributed by atoms with Crippen LogP contribution < -0.4 is 5.73 Å². The molecule has 0 atom stereocenters. The van der Waals surface area contributed by atoms with E-state index in [9.17, 15) is 9.18 Å². The molecule has 4 heteroatoms. The first-order valence-corrected chi connectivity index (χ1v) is 4.83. The fraction of sp³-hybridized carbons (Fsp3) is 0.222. The lowest BCUT2D eigenvalue weighted by Crippen LogP contribution is -2.08. The minimum atomic E-state index is -0.517. The summed E-state index contributed by atoms with van der Waals surface area (Å²) in [6, 6.07) is 2.66. The van der Waals surface area contributed by atoms with Crippen LogP contribution in [0.5, 0.6) is 0 Å². The standard InChI is InChI=1S/C9H9BrFNO/c1-5-7(12)3-2-6(11)9(5)8(13)4-10/h2-3H,4,12H2,1H3. The number of anilines is 1. The molecule has 0 bridgehead atoms. The maximum absolute atomic E-state index is 13.2. The molecule has 0 saturated carbocycles. The fourth-order valence-corrected chi connectivity index (χ4v) is 1.38. The molecule has 13 heavy (non-hydrogen) atoms. The van der Waals surface area contributed by atoms with Crippen molar-refractivity contribution >= 4 is 27.4 Å². The van der Waals surface area contributed by atoms with Gasteiger partial charge in [0.1, 0.15) is 5.82 Å². The lowest BCUT2D eigenvalue weighted by Gasteiger charge is -2.06. The van der Waals surface area contributed by atoms with Gasteiger partial charge in [-0.3, -0.25) is 4.79 Å². The molecular formula is C9H9BrFNO. The molecular weight excluding hydrogens is 237 g/mol. The molecule has 0 aliphatic carbocycles. The Balaban J connectivity index is 3.33. The molecule has 1 rings (SSSR count). The molecule has 2 N–H and O–H groups in total. The lowest BCUT2D eigenvalue weighted by molar-refractivity contribution is 0.101. The highest BCUT2D eigenvalue weighted by molar-refractivity contribution is 9.09. The average molecular weight is 246 g/mol. The van der Waals surface area contributed by atoms with Crippen LogP contribution in [0.15, 0.2) is 12.1 Å². The number of nitrogen functional groups attached to an aromatic ring is 1. The van der Waals surface area contributed by atoms with E-state index in [4.69, 9.17) is 5.73 Å². The Labute approximate surface area is 84.1 Å². The zero-order valence-corrected chi connectivity index (χ0v) is 8.69. The molecule has 0 aliphatic rings. The number of Topliss-reactive ketones (excluding diaryl/α,β-unsaturated/α-hetero) is 1. The number of halogens is 2. The van der Waals surface area contributed by atoms with Crippen molar-refractivity contribution in [2.75, 3.05) is 11.1 Å². The topological polar surface area (TPSA) is 43.1 Å². The van der Waals surface area contributed by atoms with Crippen LogP contribution in [0.3, 0.4) is 0 Å². The number of alkyl halides is 1. The SMILES string of the molecule is Cc1c(N)ccc(F)c1C(=O)CBr. The Morgan fingerprint density at radius 3 is 2.77 bits per heavy atom. The molecule has 0 fully saturated rings. The summed E-state index contributed by atoms with van der Waals surface area (Å²) < 4.78 is 13.2. The monoisotopic (exact) mass is 245 g/mol. The smallest absolute Gasteiger partial charge is 0.176 e. The molecule has 1 aromatic rings. The van der Waals surface area contributed by atoms with Gasteiger partial charge in [0, 0.05) is 5.69 Å². The second-order valence-electron chi connectivity index (χ2n) is 2.69. The molecule has 0 spiro atoms. The number of hydrogen-bond donors (Lipinski definition) is 1. The van der Waals surface area contributed by atoms with E-state index in [-0.39, 0.29) is 16.7 Å². The molecule has 0 radical (unpaired) electrons. The Morgan fingerprint density at radius 2 is 2.23 bits per heavy atom. The number of nitrogens with two attached hydrogens (primary N) is 1. The molecule has 0 heterocycles. The van der Waals surface area contributed by atoms with Gasteiger partial charge in [-0.05, 0) is 24.6 Å². The Kier molecular flexibility index (Phi) is 3.03. The van der Waals surface area contributed by atoms with Crippen molar-refractivity contribution in [3.63, 3.8) is 0 Å². The highest BCUT2D eigenvalue weighted by atomic mass is 79.9. The summed E-state index contributed by atoms with van der Waals surface area (Å²) in [7, 11) is 0. The molecule has 0 aromatic heterocycles. The first-order valence-electron chi connectivity index (χ1n) is 3.71. The summed E-state index contributed by atoms with van der Waals surface area (Å²) >= 11 is 2.99. The van der Waals surface area contributed by atoms with Gasteiger partial charge in [0.2, 0.25) is 0 Å². The predicted molar refractivity (Wildman–Crippen MR) is 53.7 cm³/mol. The zero-order chi connectivity index (χ0) is 10.0. The third-order valence-electron chi connectivity index (χ3n) is 1.86. The first-order chi connectivity index (χ1) is 6.07. The van der Waals surface area contributed by atoms with Crippen LogP contribution >= 0.6 is 15.9 Å². The van der Waals surface area contributed by atoms with E-state index < -0.39 is 5.82 Å². The van der Waals surface area contributed by atoms with Gasteiger partial charge >= 0.3 is 0 Å². The molecule has 0 amide bonds. The highest BCUT2D eigenvalue weighted by Gasteiger charge is 2.14. The number of hydrogen-bond acceptors (Lipinski definition) is 2. The molecule has 0 unspecified atom stereocenters. The van der Waals surface area contributed by atoms with E-state index >= 15 is 0 Å². The number of benzene rings is 1. The van der Waals surface area contributed by atoms with Crippen LogP contribution in [0.2, 0.25) is 0 Å². The molecule has 1 aromatic carbocycles. The summed E-state index contributed by atoms with van der Waals surface area (Å²) in [5.41, 5.74) is 6.57. The van der Waals surface area contributed by atoms with Gasteiger partial charge in [-0.2, -0.15) is 0 Å². The van der Waals surface area contributed by atoms with Crippen molar-refractivity contribution in [2.45, 2.75) is 6.92 Å². The molecule has 2 nitrogen and oxygen atoms in total. The van der Waals surface area contributed by atoms with Crippen LogP contribution in [-0.2, 0) is 0 Å². The van der Waals surface area contributed by atoms with Crippen molar-refractivity contribution in [1.82, 2.24) is 0 Å². The molecule has 0 aliphatic heterocycles. The van der Waals surface area contributed by atoms with Crippen LogP contribution in [0.25, 0.3) is 0 Å². The predicted octanol–water partition coefficient (Wildman–Crippen LogP) is 2.29. The third-order valence-corrected chi connectivity index (χ3v) is 2.37. The molecule has 70 valence electrons. The van der Waals surface area contributed by atoms with Crippen molar-refractivity contribution in [1.29, 1.82) is 0 Å². The number of carbonyl (C=O) groups is 1. The summed E-state index contributed by atoms with van der Waals surface area (Å²) in [5, 5.41) is 0.105. The van der Waals surface area contributed by atoms with Crippen molar-refractivity contribution in [3.05, 3.63) is 29.1 Å². The number of carbonyl (C=O) groups excluding carboxylic acids is 1. The van der Waals surface area contributed by atoms with Crippen LogP contribution in [0.4, 0.5) is 10.1 Å². The lowest BCUT2D eigenvalue weighted by atomic mass is 10.0. The minimum Gasteiger partial charge on any atom is -0.398 e. The van der Waals surface area contributed by atoms with E-state index in [1.54, 1.807) is 6.92 Å². The van der Waals surface area contributed by atoms with E-state index in [2.05, 4.69) is 15.9 Å². The Hall–Kier alpha value is -0.900. The van der Waals surface area contributed by atoms with E-state index in [0.717, 1.165) is 0 Å². The first kappa shape index (κ1) is 10.2. The van der Waals surface area contributed by atoms with Gasteiger partial charge in [0.05, 0.1) is 10.9 Å². The minimum absolute atomic E-state index is 0.0804. The summed E-state index contributed by atoms with van der Waals surface area (Å²) in [6.07, 6.45) is 0. The van der Waals surface area contributed by atoms with E-state index in [1.807, 2.05) is 0 Å². The maximum Gasteiger partial charge on any atom is 0.176 e. The largest absolute Gasteiger partial charge is 0.398 e. The van der Waals surface area contributed by atoms with Gasteiger partial charge in [-0.25, -0.2) is 4.39 Å². The quantitative estimate of drug-likeness (QED) is 0.494. The van der Waals surface area contributed by atoms with Gasteiger partial charge in [-0.15, -0.1) is 0 Å². The van der Waals surface area contributed by atoms with Crippen molar-refractivity contribution in [2.24, 2.45) is 0 Å². The number of ketones is 1. The normalized spacial score (nSPS) is 10.1. The van der Waals surface area contributed by atoms with Crippen molar-refractivity contribution < 1.29 is 9.18 Å². The van der Waals surface area contributed by atoms with Gasteiger partial charge < -0.3 is 5.73 Å². The Morgan fingerprint density at radius 1 is 1.62 bits per heavy atom. The van der Waals surface area contributed by atoms with Gasteiger partial charge in [-0.1, -0.05) is 15.9 Å². The van der Waals surface area contributed by atoms with Crippen LogP contribution in [0.1, 0.15) is 15.9 Å². The van der Waals surface area contributed by atoms with Gasteiger partial charge in [0.25, 0.3) is 0 Å². The molecule has 0 saturated heterocycles.